The Bertz CT molecular complexity index is 899. The second-order valence-corrected chi connectivity index (χ2v) is 6.11. The van der Waals surface area contributed by atoms with Gasteiger partial charge in [0.15, 0.2) is 0 Å². The summed E-state index contributed by atoms with van der Waals surface area (Å²) < 4.78 is 1.92. The molecular weight excluding hydrogens is 310 g/mol. The smallest absolute Gasteiger partial charge is 0.244 e. The summed E-state index contributed by atoms with van der Waals surface area (Å²) in [6.45, 7) is 6.24. The fourth-order valence-corrected chi connectivity index (χ4v) is 2.78. The van der Waals surface area contributed by atoms with Crippen LogP contribution in [0.15, 0.2) is 36.4 Å². The molecule has 0 radical (unpaired) electrons. The van der Waals surface area contributed by atoms with E-state index < -0.39 is 0 Å². The van der Waals surface area contributed by atoms with E-state index in [0.717, 1.165) is 16.9 Å². The molecule has 0 fully saturated rings. The van der Waals surface area contributed by atoms with Crippen molar-refractivity contribution < 1.29 is 4.79 Å². The van der Waals surface area contributed by atoms with Crippen LogP contribution in [0.3, 0.4) is 0 Å². The topological polar surface area (TPSA) is 46.9 Å². The zero-order valence-corrected chi connectivity index (χ0v) is 14.1. The lowest BCUT2D eigenvalue weighted by Gasteiger charge is -2.10. The molecule has 4 nitrogen and oxygen atoms in total. The van der Waals surface area contributed by atoms with Gasteiger partial charge in [-0.3, -0.25) is 4.79 Å². The number of hydrogen-bond donors (Lipinski definition) is 1. The van der Waals surface area contributed by atoms with Gasteiger partial charge in [0.05, 0.1) is 21.7 Å². The summed E-state index contributed by atoms with van der Waals surface area (Å²) in [7, 11) is 0. The average Bonchev–Trinajstić information content (AvgIpc) is 2.78. The van der Waals surface area contributed by atoms with Crippen molar-refractivity contribution in [3.8, 4) is 0 Å². The summed E-state index contributed by atoms with van der Waals surface area (Å²) in [6.07, 6.45) is 0. The molecule has 0 unspecified atom stereocenters. The molecule has 0 bridgehead atoms. The van der Waals surface area contributed by atoms with Crippen molar-refractivity contribution in [2.75, 3.05) is 5.32 Å². The van der Waals surface area contributed by atoms with Crippen LogP contribution in [-0.4, -0.2) is 15.5 Å². The zero-order valence-electron chi connectivity index (χ0n) is 13.4. The molecular formula is C18H18ClN3O. The molecule has 23 heavy (non-hydrogen) atoms. The van der Waals surface area contributed by atoms with Crippen LogP contribution >= 0.6 is 11.6 Å². The Morgan fingerprint density at radius 2 is 1.87 bits per heavy atom. The Kier molecular flexibility index (Phi) is 4.09. The summed E-state index contributed by atoms with van der Waals surface area (Å²) in [5, 5.41) is 3.37. The van der Waals surface area contributed by atoms with E-state index in [2.05, 4.69) is 36.3 Å². The molecule has 1 N–H and O–H groups in total. The second-order valence-electron chi connectivity index (χ2n) is 5.70. The first-order valence-electron chi connectivity index (χ1n) is 7.44. The van der Waals surface area contributed by atoms with E-state index >= 15 is 0 Å². The van der Waals surface area contributed by atoms with E-state index in [9.17, 15) is 4.79 Å². The summed E-state index contributed by atoms with van der Waals surface area (Å²) in [5.74, 6) is 0.693. The number of fused-ring (bicyclic) bond motifs is 1. The van der Waals surface area contributed by atoms with Gasteiger partial charge in [-0.25, -0.2) is 4.98 Å². The summed E-state index contributed by atoms with van der Waals surface area (Å²) in [4.78, 5) is 16.9. The van der Waals surface area contributed by atoms with Gasteiger partial charge in [0.1, 0.15) is 12.4 Å². The number of aromatic nitrogens is 2. The molecule has 118 valence electrons. The van der Waals surface area contributed by atoms with E-state index in [1.807, 2.05) is 23.6 Å². The van der Waals surface area contributed by atoms with E-state index in [1.54, 1.807) is 12.1 Å². The lowest BCUT2D eigenvalue weighted by Crippen LogP contribution is -2.19. The standard InChI is InChI=1S/C18H18ClN3O/c1-11-8-16-17(9-12(11)2)22(13(3)20-16)10-18(23)21-15-7-5-4-6-14(15)19/h4-9H,10H2,1-3H3,(H,21,23). The van der Waals surface area contributed by atoms with Gasteiger partial charge in [0, 0.05) is 0 Å². The molecule has 0 spiro atoms. The molecule has 1 amide bonds. The number of carbonyl (C=O) groups excluding carboxylic acids is 1. The number of carbonyl (C=O) groups is 1. The molecule has 0 saturated carbocycles. The van der Waals surface area contributed by atoms with Gasteiger partial charge in [-0.1, -0.05) is 23.7 Å². The minimum absolute atomic E-state index is 0.126. The second kappa shape index (κ2) is 6.05. The van der Waals surface area contributed by atoms with Crippen LogP contribution in [0.2, 0.25) is 5.02 Å². The first-order valence-corrected chi connectivity index (χ1v) is 7.82. The SMILES string of the molecule is Cc1cc2nc(C)n(CC(=O)Nc3ccccc3Cl)c2cc1C. The van der Waals surface area contributed by atoms with Crippen LogP contribution in [-0.2, 0) is 11.3 Å². The molecule has 2 aromatic carbocycles. The Labute approximate surface area is 140 Å². The Morgan fingerprint density at radius 1 is 1.17 bits per heavy atom. The van der Waals surface area contributed by atoms with Gasteiger partial charge in [0.25, 0.3) is 0 Å². The van der Waals surface area contributed by atoms with Crippen molar-refractivity contribution in [1.29, 1.82) is 0 Å². The molecule has 0 aliphatic carbocycles. The molecule has 3 rings (SSSR count). The van der Waals surface area contributed by atoms with Gasteiger partial charge in [0.2, 0.25) is 5.91 Å². The van der Waals surface area contributed by atoms with E-state index in [0.29, 0.717) is 10.7 Å². The normalized spacial score (nSPS) is 11.0. The fraction of sp³-hybridized carbons (Fsp3) is 0.222. The largest absolute Gasteiger partial charge is 0.323 e. The maximum atomic E-state index is 12.4. The Balaban J connectivity index is 1.89. The minimum Gasteiger partial charge on any atom is -0.323 e. The highest BCUT2D eigenvalue weighted by atomic mass is 35.5. The van der Waals surface area contributed by atoms with Gasteiger partial charge in [-0.15, -0.1) is 0 Å². The average molecular weight is 328 g/mol. The van der Waals surface area contributed by atoms with Crippen LogP contribution in [0.4, 0.5) is 5.69 Å². The van der Waals surface area contributed by atoms with Crippen molar-refractivity contribution >= 4 is 34.2 Å². The van der Waals surface area contributed by atoms with Crippen molar-refractivity contribution in [2.24, 2.45) is 0 Å². The summed E-state index contributed by atoms with van der Waals surface area (Å²) in [6, 6.07) is 11.3. The molecule has 3 aromatic rings. The first-order chi connectivity index (χ1) is 11.0. The zero-order chi connectivity index (χ0) is 16.6. The van der Waals surface area contributed by atoms with Crippen molar-refractivity contribution in [3.05, 3.63) is 58.4 Å². The van der Waals surface area contributed by atoms with Crippen molar-refractivity contribution in [3.63, 3.8) is 0 Å². The van der Waals surface area contributed by atoms with E-state index in [-0.39, 0.29) is 12.5 Å². The first kappa shape index (κ1) is 15.6. The number of nitrogens with zero attached hydrogens (tertiary/aromatic N) is 2. The number of anilines is 1. The lowest BCUT2D eigenvalue weighted by atomic mass is 10.1. The molecule has 0 aliphatic heterocycles. The monoisotopic (exact) mass is 327 g/mol. The number of rotatable bonds is 3. The van der Waals surface area contributed by atoms with Crippen LogP contribution in [0, 0.1) is 20.8 Å². The third-order valence-electron chi connectivity index (χ3n) is 4.00. The number of imidazole rings is 1. The number of amides is 1. The third kappa shape index (κ3) is 3.08. The maximum absolute atomic E-state index is 12.4. The van der Waals surface area contributed by atoms with Crippen LogP contribution in [0.1, 0.15) is 17.0 Å². The Hall–Kier alpha value is -2.33. The molecule has 1 heterocycles. The summed E-state index contributed by atoms with van der Waals surface area (Å²) >= 11 is 6.08. The van der Waals surface area contributed by atoms with Crippen LogP contribution < -0.4 is 5.32 Å². The fourth-order valence-electron chi connectivity index (χ4n) is 2.60. The number of benzene rings is 2. The highest BCUT2D eigenvalue weighted by molar-refractivity contribution is 6.33. The number of para-hydroxylation sites is 1. The molecule has 0 atom stereocenters. The van der Waals surface area contributed by atoms with Crippen molar-refractivity contribution in [1.82, 2.24) is 9.55 Å². The lowest BCUT2D eigenvalue weighted by molar-refractivity contribution is -0.116. The highest BCUT2D eigenvalue weighted by Gasteiger charge is 2.13. The highest BCUT2D eigenvalue weighted by Crippen LogP contribution is 2.22. The maximum Gasteiger partial charge on any atom is 0.244 e. The van der Waals surface area contributed by atoms with E-state index in [4.69, 9.17) is 11.6 Å². The van der Waals surface area contributed by atoms with Gasteiger partial charge >= 0.3 is 0 Å². The Morgan fingerprint density at radius 3 is 2.61 bits per heavy atom. The predicted molar refractivity (Wildman–Crippen MR) is 94.0 cm³/mol. The number of nitrogens with one attached hydrogen (secondary N) is 1. The number of hydrogen-bond acceptors (Lipinski definition) is 2. The van der Waals surface area contributed by atoms with Gasteiger partial charge in [-0.05, 0) is 56.2 Å². The molecule has 5 heteroatoms. The predicted octanol–water partition coefficient (Wildman–Crippen LogP) is 4.25. The van der Waals surface area contributed by atoms with Gasteiger partial charge < -0.3 is 9.88 Å². The number of aryl methyl sites for hydroxylation is 3. The van der Waals surface area contributed by atoms with Crippen molar-refractivity contribution in [2.45, 2.75) is 27.3 Å². The van der Waals surface area contributed by atoms with E-state index in [1.165, 1.54) is 11.1 Å². The van der Waals surface area contributed by atoms with Gasteiger partial charge in [-0.2, -0.15) is 0 Å². The third-order valence-corrected chi connectivity index (χ3v) is 4.33. The molecule has 0 aliphatic rings. The van der Waals surface area contributed by atoms with Crippen LogP contribution in [0.25, 0.3) is 11.0 Å². The van der Waals surface area contributed by atoms with Crippen LogP contribution in [0.5, 0.6) is 0 Å². The molecule has 0 saturated heterocycles. The quantitative estimate of drug-likeness (QED) is 0.781. The molecule has 1 aromatic heterocycles. The number of halogens is 1. The summed E-state index contributed by atoms with van der Waals surface area (Å²) in [5.41, 5.74) is 4.89. The minimum atomic E-state index is -0.126.